The van der Waals surface area contributed by atoms with Gasteiger partial charge in [0.05, 0.1) is 22.1 Å². The van der Waals surface area contributed by atoms with Gasteiger partial charge >= 0.3 is 0 Å². The molecule has 3 amide bonds. The quantitative estimate of drug-likeness (QED) is 0.181. The fourth-order valence-electron chi connectivity index (χ4n) is 7.83. The maximum absolute atomic E-state index is 14.8. The molecule has 2 aromatic carbocycles. The molecule has 2 bridgehead atoms. The number of rotatable bonds is 16. The van der Waals surface area contributed by atoms with Crippen LogP contribution in [0.1, 0.15) is 44.1 Å². The molecule has 0 saturated carbocycles. The highest BCUT2D eigenvalue weighted by Crippen LogP contribution is 2.66. The Kier molecular flexibility index (Phi) is 10.1. The number of likely N-dealkylation sites (tertiary alicyclic amines) is 1. The normalized spacial score (nSPS) is 24.4. The van der Waals surface area contributed by atoms with Crippen molar-refractivity contribution in [2.75, 3.05) is 26.2 Å². The number of aromatic nitrogens is 3. The van der Waals surface area contributed by atoms with Crippen LogP contribution in [0.15, 0.2) is 79.9 Å². The van der Waals surface area contributed by atoms with Crippen molar-refractivity contribution in [3.8, 4) is 0 Å². The molecule has 1 N–H and O–H groups in total. The number of fused-ring (bicyclic) bond motifs is 2. The predicted octanol–water partition coefficient (Wildman–Crippen LogP) is 4.26. The number of hydrogen-bond acceptors (Lipinski definition) is 7. The average molecular weight is 657 g/mol. The number of carbonyl (C=O) groups is 3. The van der Waals surface area contributed by atoms with Gasteiger partial charge in [-0.3, -0.25) is 14.4 Å². The first-order chi connectivity index (χ1) is 22.9. The summed E-state index contributed by atoms with van der Waals surface area (Å²) in [7, 11) is 0. The van der Waals surface area contributed by atoms with Crippen molar-refractivity contribution < 1.29 is 19.5 Å². The van der Waals surface area contributed by atoms with Crippen molar-refractivity contribution in [3.63, 3.8) is 0 Å². The number of nitrogens with zero attached hydrogens (tertiary/aromatic N) is 6. The standard InChI is InChI=1S/C36H44N6O4S/c1-3-20-39(24-26-14-8-7-9-15-26)33(44)30-29-18-19-36(47-29)31(30)34(45)41(22-12-5-6-13-23-43)32(36)35(46)40(21-4-2)25-42-28-17-11-10-16-27(28)37-38-42/h3-4,7-11,14-17,29-32,43H,1-2,5-6,12-13,18-25H2/t29-,30+,31-,32?,36?/m0/s1. The Morgan fingerprint density at radius 1 is 0.979 bits per heavy atom. The molecule has 1 aromatic heterocycles. The lowest BCUT2D eigenvalue weighted by Gasteiger charge is -2.37. The molecule has 1 spiro atoms. The second-order valence-electron chi connectivity index (χ2n) is 12.8. The highest BCUT2D eigenvalue weighted by atomic mass is 32.2. The largest absolute Gasteiger partial charge is 0.396 e. The van der Waals surface area contributed by atoms with E-state index in [1.807, 2.05) is 59.5 Å². The Morgan fingerprint density at radius 2 is 1.70 bits per heavy atom. The lowest BCUT2D eigenvalue weighted by atomic mass is 9.70. The van der Waals surface area contributed by atoms with E-state index in [1.165, 1.54) is 0 Å². The molecular formula is C36H44N6O4S. The second kappa shape index (κ2) is 14.4. The molecule has 3 aromatic rings. The third-order valence-corrected chi connectivity index (χ3v) is 11.8. The molecule has 0 aliphatic carbocycles. The van der Waals surface area contributed by atoms with Gasteiger partial charge in [-0.2, -0.15) is 0 Å². The lowest BCUT2D eigenvalue weighted by Crippen LogP contribution is -2.55. The molecule has 4 heterocycles. The average Bonchev–Trinajstić information content (AvgIpc) is 3.84. The summed E-state index contributed by atoms with van der Waals surface area (Å²) in [6, 6.07) is 16.8. The van der Waals surface area contributed by atoms with Gasteiger partial charge in [-0.1, -0.05) is 72.7 Å². The van der Waals surface area contributed by atoms with Gasteiger partial charge in [-0.25, -0.2) is 4.68 Å². The summed E-state index contributed by atoms with van der Waals surface area (Å²) in [5, 5.41) is 17.8. The maximum atomic E-state index is 14.8. The van der Waals surface area contributed by atoms with Crippen molar-refractivity contribution in [2.24, 2.45) is 11.8 Å². The monoisotopic (exact) mass is 656 g/mol. The van der Waals surface area contributed by atoms with E-state index in [2.05, 4.69) is 23.5 Å². The summed E-state index contributed by atoms with van der Waals surface area (Å²) < 4.78 is 1.02. The summed E-state index contributed by atoms with van der Waals surface area (Å²) in [4.78, 5) is 49.2. The molecule has 47 heavy (non-hydrogen) atoms. The summed E-state index contributed by atoms with van der Waals surface area (Å²) >= 11 is 1.69. The highest BCUT2D eigenvalue weighted by Gasteiger charge is 2.74. The van der Waals surface area contributed by atoms with Gasteiger partial charge in [0.15, 0.2) is 0 Å². The van der Waals surface area contributed by atoms with E-state index in [0.717, 1.165) is 42.3 Å². The predicted molar refractivity (Wildman–Crippen MR) is 183 cm³/mol. The molecule has 0 radical (unpaired) electrons. The number of amides is 3. The van der Waals surface area contributed by atoms with Gasteiger partial charge in [0.2, 0.25) is 17.7 Å². The van der Waals surface area contributed by atoms with Gasteiger partial charge in [0.1, 0.15) is 18.2 Å². The molecule has 5 atom stereocenters. The fraction of sp³-hybridized carbons (Fsp3) is 0.472. The zero-order chi connectivity index (χ0) is 33.0. The Labute approximate surface area is 280 Å². The van der Waals surface area contributed by atoms with E-state index in [9.17, 15) is 19.5 Å². The molecule has 3 aliphatic heterocycles. The van der Waals surface area contributed by atoms with E-state index < -0.39 is 22.6 Å². The van der Waals surface area contributed by atoms with Gasteiger partial charge in [-0.05, 0) is 43.4 Å². The van der Waals surface area contributed by atoms with E-state index in [0.29, 0.717) is 32.5 Å². The van der Waals surface area contributed by atoms with E-state index in [1.54, 1.807) is 38.4 Å². The number of hydrogen-bond donors (Lipinski definition) is 1. The number of unbranched alkanes of at least 4 members (excludes halogenated alkanes) is 3. The molecule has 11 heteroatoms. The van der Waals surface area contributed by atoms with Crippen LogP contribution in [0.4, 0.5) is 0 Å². The number of thioether (sulfide) groups is 1. The van der Waals surface area contributed by atoms with Crippen LogP contribution in [0.2, 0.25) is 0 Å². The third kappa shape index (κ3) is 6.23. The van der Waals surface area contributed by atoms with Crippen LogP contribution in [0.25, 0.3) is 11.0 Å². The first kappa shape index (κ1) is 33.0. The van der Waals surface area contributed by atoms with Crippen molar-refractivity contribution >= 4 is 40.5 Å². The topological polar surface area (TPSA) is 112 Å². The van der Waals surface area contributed by atoms with Gasteiger partial charge in [-0.15, -0.1) is 30.0 Å². The van der Waals surface area contributed by atoms with Crippen LogP contribution in [-0.2, 0) is 27.6 Å². The number of aliphatic hydroxyl groups is 1. The highest BCUT2D eigenvalue weighted by molar-refractivity contribution is 8.02. The summed E-state index contributed by atoms with van der Waals surface area (Å²) in [5.41, 5.74) is 2.57. The Bertz CT molecular complexity index is 1610. The van der Waals surface area contributed by atoms with Crippen molar-refractivity contribution in [1.82, 2.24) is 29.7 Å². The van der Waals surface area contributed by atoms with Crippen molar-refractivity contribution in [3.05, 3.63) is 85.5 Å². The molecule has 10 nitrogen and oxygen atoms in total. The molecule has 3 fully saturated rings. The zero-order valence-electron chi connectivity index (χ0n) is 26.8. The van der Waals surface area contributed by atoms with Gasteiger partial charge in [0, 0.05) is 38.0 Å². The zero-order valence-corrected chi connectivity index (χ0v) is 27.6. The number of aliphatic hydroxyl groups excluding tert-OH is 1. The fourth-order valence-corrected chi connectivity index (χ4v) is 10.0. The number of benzene rings is 2. The Hall–Kier alpha value is -3.96. The van der Waals surface area contributed by atoms with Crippen LogP contribution in [0, 0.1) is 11.8 Å². The minimum absolute atomic E-state index is 0.0337. The molecule has 3 aliphatic rings. The van der Waals surface area contributed by atoms with Crippen LogP contribution < -0.4 is 0 Å². The maximum Gasteiger partial charge on any atom is 0.248 e. The summed E-state index contributed by atoms with van der Waals surface area (Å²) in [5.74, 6) is -1.37. The minimum Gasteiger partial charge on any atom is -0.396 e. The van der Waals surface area contributed by atoms with Crippen LogP contribution in [-0.4, -0.2) is 94.8 Å². The van der Waals surface area contributed by atoms with Crippen molar-refractivity contribution in [1.29, 1.82) is 0 Å². The number of para-hydroxylation sites is 1. The molecule has 248 valence electrons. The second-order valence-corrected chi connectivity index (χ2v) is 14.4. The van der Waals surface area contributed by atoms with E-state index >= 15 is 0 Å². The molecule has 3 saturated heterocycles. The lowest BCUT2D eigenvalue weighted by molar-refractivity contribution is -0.145. The third-order valence-electron chi connectivity index (χ3n) is 9.89. The van der Waals surface area contributed by atoms with Crippen LogP contribution in [0.5, 0.6) is 0 Å². The first-order valence-corrected chi connectivity index (χ1v) is 17.5. The summed E-state index contributed by atoms with van der Waals surface area (Å²) in [6.07, 6.45) is 8.03. The number of carbonyl (C=O) groups excluding carboxylic acids is 3. The van der Waals surface area contributed by atoms with Gasteiger partial charge < -0.3 is 19.8 Å². The SMILES string of the molecule is C=CCN(Cn1nnc2ccccc21)C(=O)C1N(CCCCCCO)C(=O)[C@@H]2[C@H](C(=O)N(CC=C)Cc3ccccc3)[C@@H]3CCC12S3. The van der Waals surface area contributed by atoms with E-state index in [-0.39, 0.29) is 42.8 Å². The van der Waals surface area contributed by atoms with E-state index in [4.69, 9.17) is 0 Å². The van der Waals surface area contributed by atoms with Crippen LogP contribution in [0.3, 0.4) is 0 Å². The minimum atomic E-state index is -0.706. The smallest absolute Gasteiger partial charge is 0.248 e. The Morgan fingerprint density at radius 3 is 2.47 bits per heavy atom. The Balaban J connectivity index is 1.32. The summed E-state index contributed by atoms with van der Waals surface area (Å²) in [6.45, 7) is 9.66. The molecule has 6 rings (SSSR count). The first-order valence-electron chi connectivity index (χ1n) is 16.6. The van der Waals surface area contributed by atoms with Gasteiger partial charge in [0.25, 0.3) is 0 Å². The van der Waals surface area contributed by atoms with Crippen molar-refractivity contribution in [2.45, 2.75) is 67.8 Å². The molecular weight excluding hydrogens is 613 g/mol. The van der Waals surface area contributed by atoms with Crippen LogP contribution >= 0.6 is 11.8 Å². The molecule has 2 unspecified atom stereocenters.